The number of nitrogens with one attached hydrogen (secondary N) is 1. The lowest BCUT2D eigenvalue weighted by molar-refractivity contribution is 0.471. The number of hydrogen-bond donors (Lipinski definition) is 1. The minimum atomic E-state index is 0.454. The van der Waals surface area contributed by atoms with Crippen molar-refractivity contribution < 1.29 is 0 Å². The smallest absolute Gasteiger partial charge is 0.0794 e. The summed E-state index contributed by atoms with van der Waals surface area (Å²) in [6.45, 7) is 2.24. The summed E-state index contributed by atoms with van der Waals surface area (Å²) in [7, 11) is 0. The minimum Gasteiger partial charge on any atom is -0.306 e. The van der Waals surface area contributed by atoms with Crippen molar-refractivity contribution in [2.24, 2.45) is 0 Å². The molecule has 1 aliphatic rings. The Hall–Kier alpha value is -0.0600. The molecule has 0 saturated heterocycles. The van der Waals surface area contributed by atoms with Crippen molar-refractivity contribution in [2.75, 3.05) is 6.26 Å². The number of rotatable bonds is 4. The lowest BCUT2D eigenvalue weighted by atomic mass is 10.2. The van der Waals surface area contributed by atoms with Gasteiger partial charge in [0.15, 0.2) is 0 Å². The molecule has 15 heavy (non-hydrogen) atoms. The molecule has 0 bridgehead atoms. The molecule has 84 valence electrons. The van der Waals surface area contributed by atoms with Gasteiger partial charge >= 0.3 is 0 Å². The summed E-state index contributed by atoms with van der Waals surface area (Å²) in [5.74, 6) is 0. The molecule has 0 amide bonds. The SMILES string of the molecule is CSC1CCCC1NC(C)c1cncs1. The molecule has 4 heteroatoms. The lowest BCUT2D eigenvalue weighted by Gasteiger charge is -2.23. The molecule has 1 aromatic heterocycles. The Labute approximate surface area is 99.9 Å². The van der Waals surface area contributed by atoms with E-state index in [1.807, 2.05) is 23.5 Å². The molecule has 3 unspecified atom stereocenters. The molecular formula is C11H18N2S2. The van der Waals surface area contributed by atoms with Crippen LogP contribution in [0.2, 0.25) is 0 Å². The fraction of sp³-hybridized carbons (Fsp3) is 0.727. The number of hydrogen-bond acceptors (Lipinski definition) is 4. The van der Waals surface area contributed by atoms with Crippen LogP contribution in [0, 0.1) is 0 Å². The predicted octanol–water partition coefficient (Wildman–Crippen LogP) is 3.08. The third-order valence-corrected chi connectivity index (χ3v) is 5.23. The fourth-order valence-electron chi connectivity index (χ4n) is 2.24. The first-order valence-electron chi connectivity index (χ1n) is 5.48. The highest BCUT2D eigenvalue weighted by atomic mass is 32.2. The molecule has 2 rings (SSSR count). The van der Waals surface area contributed by atoms with E-state index in [1.54, 1.807) is 11.3 Å². The van der Waals surface area contributed by atoms with Gasteiger partial charge in [0.1, 0.15) is 0 Å². The van der Waals surface area contributed by atoms with Gasteiger partial charge in [-0.1, -0.05) is 6.42 Å². The predicted molar refractivity (Wildman–Crippen MR) is 68.6 cm³/mol. The van der Waals surface area contributed by atoms with Gasteiger partial charge in [0.05, 0.1) is 5.51 Å². The van der Waals surface area contributed by atoms with Gasteiger partial charge in [0.25, 0.3) is 0 Å². The van der Waals surface area contributed by atoms with Crippen LogP contribution in [-0.2, 0) is 0 Å². The molecule has 1 aliphatic carbocycles. The Morgan fingerprint density at radius 2 is 2.47 bits per heavy atom. The van der Waals surface area contributed by atoms with Gasteiger partial charge in [0.2, 0.25) is 0 Å². The zero-order valence-corrected chi connectivity index (χ0v) is 10.9. The molecule has 3 atom stereocenters. The van der Waals surface area contributed by atoms with Crippen LogP contribution in [-0.4, -0.2) is 22.5 Å². The first-order chi connectivity index (χ1) is 7.31. The summed E-state index contributed by atoms with van der Waals surface area (Å²) < 4.78 is 0. The van der Waals surface area contributed by atoms with Crippen LogP contribution in [0.15, 0.2) is 11.7 Å². The monoisotopic (exact) mass is 242 g/mol. The Balaban J connectivity index is 1.91. The van der Waals surface area contributed by atoms with Gasteiger partial charge in [-0.25, -0.2) is 0 Å². The molecule has 1 aromatic rings. The van der Waals surface area contributed by atoms with E-state index in [4.69, 9.17) is 0 Å². The Kier molecular flexibility index (Phi) is 4.05. The van der Waals surface area contributed by atoms with Gasteiger partial charge in [0, 0.05) is 28.4 Å². The van der Waals surface area contributed by atoms with Crippen molar-refractivity contribution >= 4 is 23.1 Å². The maximum absolute atomic E-state index is 4.13. The van der Waals surface area contributed by atoms with Crippen LogP contribution in [0.4, 0.5) is 0 Å². The van der Waals surface area contributed by atoms with Crippen LogP contribution >= 0.6 is 23.1 Å². The van der Waals surface area contributed by atoms with Crippen molar-refractivity contribution in [3.05, 3.63) is 16.6 Å². The van der Waals surface area contributed by atoms with E-state index < -0.39 is 0 Å². The zero-order chi connectivity index (χ0) is 10.7. The summed E-state index contributed by atoms with van der Waals surface area (Å²) in [6.07, 6.45) is 8.27. The van der Waals surface area contributed by atoms with E-state index in [0.29, 0.717) is 12.1 Å². The Morgan fingerprint density at radius 1 is 1.60 bits per heavy atom. The summed E-state index contributed by atoms with van der Waals surface area (Å²) in [5.41, 5.74) is 1.91. The number of aromatic nitrogens is 1. The van der Waals surface area contributed by atoms with Crippen LogP contribution in [0.5, 0.6) is 0 Å². The maximum Gasteiger partial charge on any atom is 0.0794 e. The molecule has 0 radical (unpaired) electrons. The second-order valence-electron chi connectivity index (χ2n) is 4.10. The molecule has 0 aliphatic heterocycles. The summed E-state index contributed by atoms with van der Waals surface area (Å²) in [5, 5.41) is 4.54. The standard InChI is InChI=1S/C11H18N2S2/c1-8(11-6-12-7-15-11)13-9-4-3-5-10(9)14-2/h6-10,13H,3-5H2,1-2H3. The number of thioether (sulfide) groups is 1. The van der Waals surface area contributed by atoms with Crippen LogP contribution < -0.4 is 5.32 Å². The third kappa shape index (κ3) is 2.74. The van der Waals surface area contributed by atoms with Crippen LogP contribution in [0.3, 0.4) is 0 Å². The minimum absolute atomic E-state index is 0.454. The Morgan fingerprint density at radius 3 is 3.13 bits per heavy atom. The van der Waals surface area contributed by atoms with E-state index in [9.17, 15) is 0 Å². The van der Waals surface area contributed by atoms with Crippen molar-refractivity contribution in [1.82, 2.24) is 10.3 Å². The van der Waals surface area contributed by atoms with E-state index in [0.717, 1.165) is 5.25 Å². The van der Waals surface area contributed by atoms with E-state index in [2.05, 4.69) is 23.5 Å². The topological polar surface area (TPSA) is 24.9 Å². The van der Waals surface area contributed by atoms with E-state index in [1.165, 1.54) is 24.1 Å². The van der Waals surface area contributed by atoms with Gasteiger partial charge in [-0.2, -0.15) is 11.8 Å². The number of thiazole rings is 1. The third-order valence-electron chi connectivity index (χ3n) is 3.10. The molecule has 1 fully saturated rings. The molecule has 0 aromatic carbocycles. The van der Waals surface area contributed by atoms with E-state index >= 15 is 0 Å². The molecule has 0 spiro atoms. The highest BCUT2D eigenvalue weighted by Crippen LogP contribution is 2.30. The molecule has 1 saturated carbocycles. The quantitative estimate of drug-likeness (QED) is 0.878. The first kappa shape index (κ1) is 11.4. The van der Waals surface area contributed by atoms with Crippen molar-refractivity contribution in [2.45, 2.75) is 43.5 Å². The highest BCUT2D eigenvalue weighted by Gasteiger charge is 2.27. The lowest BCUT2D eigenvalue weighted by Crippen LogP contribution is -2.35. The second kappa shape index (κ2) is 5.32. The van der Waals surface area contributed by atoms with Crippen molar-refractivity contribution in [3.63, 3.8) is 0 Å². The van der Waals surface area contributed by atoms with Gasteiger partial charge < -0.3 is 5.32 Å². The fourth-order valence-corrected chi connectivity index (χ4v) is 3.82. The van der Waals surface area contributed by atoms with E-state index in [-0.39, 0.29) is 0 Å². The van der Waals surface area contributed by atoms with Crippen molar-refractivity contribution in [3.8, 4) is 0 Å². The molecule has 1 N–H and O–H groups in total. The molecule has 2 nitrogen and oxygen atoms in total. The summed E-state index contributed by atoms with van der Waals surface area (Å²) in [4.78, 5) is 5.48. The Bertz CT molecular complexity index is 287. The normalized spacial score (nSPS) is 28.1. The molecule has 1 heterocycles. The average molecular weight is 242 g/mol. The average Bonchev–Trinajstić information content (AvgIpc) is 2.87. The number of nitrogens with zero attached hydrogens (tertiary/aromatic N) is 1. The largest absolute Gasteiger partial charge is 0.306 e. The van der Waals surface area contributed by atoms with Gasteiger partial charge in [-0.15, -0.1) is 11.3 Å². The van der Waals surface area contributed by atoms with Crippen molar-refractivity contribution in [1.29, 1.82) is 0 Å². The van der Waals surface area contributed by atoms with Gasteiger partial charge in [-0.3, -0.25) is 4.98 Å². The van der Waals surface area contributed by atoms with Crippen LogP contribution in [0.1, 0.15) is 37.1 Å². The first-order valence-corrected chi connectivity index (χ1v) is 7.65. The van der Waals surface area contributed by atoms with Gasteiger partial charge in [-0.05, 0) is 26.0 Å². The highest BCUT2D eigenvalue weighted by molar-refractivity contribution is 7.99. The molecular weight excluding hydrogens is 224 g/mol. The maximum atomic E-state index is 4.13. The second-order valence-corrected chi connectivity index (χ2v) is 6.10. The van der Waals surface area contributed by atoms with Crippen LogP contribution in [0.25, 0.3) is 0 Å². The summed E-state index contributed by atoms with van der Waals surface area (Å²) in [6, 6.07) is 1.15. The summed E-state index contributed by atoms with van der Waals surface area (Å²) >= 11 is 3.75. The zero-order valence-electron chi connectivity index (χ0n) is 9.27.